The van der Waals surface area contributed by atoms with E-state index in [2.05, 4.69) is 10.6 Å². The number of ether oxygens (including phenoxy) is 4. The predicted octanol–water partition coefficient (Wildman–Crippen LogP) is 4.64. The topological polar surface area (TPSA) is 95.1 Å². The summed E-state index contributed by atoms with van der Waals surface area (Å²) < 4.78 is 21.5. The van der Waals surface area contributed by atoms with E-state index in [1.54, 1.807) is 66.9 Å². The molecule has 0 aromatic heterocycles. The average Bonchev–Trinajstić information content (AvgIpc) is 2.55. The molecule has 1 rings (SSSR count). The van der Waals surface area contributed by atoms with Gasteiger partial charge in [-0.1, -0.05) is 6.92 Å². The summed E-state index contributed by atoms with van der Waals surface area (Å²) in [5.41, 5.74) is 0.0455. The molecule has 1 aromatic carbocycles. The SMILES string of the molecule is COc1ccc(NC(=O)OC(C)(C)C)cc1[C@H](C)[C@H](NC(=O)OC(C)(C)C)OC. The molecule has 0 heterocycles. The Morgan fingerprint density at radius 3 is 1.97 bits per heavy atom. The molecular weight excluding hydrogens is 376 g/mol. The van der Waals surface area contributed by atoms with E-state index in [0.29, 0.717) is 11.4 Å². The fourth-order valence-electron chi connectivity index (χ4n) is 2.56. The van der Waals surface area contributed by atoms with Gasteiger partial charge in [-0.15, -0.1) is 0 Å². The molecule has 0 unspecified atom stereocenters. The summed E-state index contributed by atoms with van der Waals surface area (Å²) in [5.74, 6) is 0.295. The Morgan fingerprint density at radius 2 is 1.48 bits per heavy atom. The predicted molar refractivity (Wildman–Crippen MR) is 111 cm³/mol. The zero-order valence-electron chi connectivity index (χ0n) is 18.8. The van der Waals surface area contributed by atoms with Gasteiger partial charge in [-0.25, -0.2) is 9.59 Å². The molecule has 1 aromatic rings. The van der Waals surface area contributed by atoms with Crippen molar-refractivity contribution in [2.24, 2.45) is 0 Å². The van der Waals surface area contributed by atoms with Crippen molar-refractivity contribution in [3.8, 4) is 5.75 Å². The molecule has 0 aliphatic heterocycles. The molecule has 0 saturated carbocycles. The number of hydrogen-bond acceptors (Lipinski definition) is 6. The van der Waals surface area contributed by atoms with Crippen LogP contribution in [0.4, 0.5) is 15.3 Å². The maximum absolute atomic E-state index is 12.1. The monoisotopic (exact) mass is 410 g/mol. The number of benzene rings is 1. The Hall–Kier alpha value is -2.48. The third kappa shape index (κ3) is 8.60. The number of methoxy groups -OCH3 is 2. The number of amides is 2. The van der Waals surface area contributed by atoms with Gasteiger partial charge in [-0.05, 0) is 59.7 Å². The third-order valence-corrected chi connectivity index (χ3v) is 3.73. The van der Waals surface area contributed by atoms with Gasteiger partial charge in [0.1, 0.15) is 23.2 Å². The first-order chi connectivity index (χ1) is 13.3. The molecular formula is C21H34N2O6. The van der Waals surface area contributed by atoms with Gasteiger partial charge in [-0.3, -0.25) is 10.6 Å². The lowest BCUT2D eigenvalue weighted by Crippen LogP contribution is -2.42. The molecule has 0 saturated heterocycles. The lowest BCUT2D eigenvalue weighted by Gasteiger charge is -2.27. The van der Waals surface area contributed by atoms with Crippen molar-refractivity contribution in [2.75, 3.05) is 19.5 Å². The molecule has 2 N–H and O–H groups in total. The molecule has 29 heavy (non-hydrogen) atoms. The minimum absolute atomic E-state index is 0.303. The van der Waals surface area contributed by atoms with Gasteiger partial charge in [0.05, 0.1) is 7.11 Å². The lowest BCUT2D eigenvalue weighted by atomic mass is 9.97. The van der Waals surface area contributed by atoms with Crippen LogP contribution in [-0.2, 0) is 14.2 Å². The molecule has 2 amide bonds. The van der Waals surface area contributed by atoms with E-state index in [4.69, 9.17) is 18.9 Å². The molecule has 0 bridgehead atoms. The van der Waals surface area contributed by atoms with Crippen LogP contribution >= 0.6 is 0 Å². The van der Waals surface area contributed by atoms with E-state index in [9.17, 15) is 9.59 Å². The second kappa shape index (κ2) is 9.82. The summed E-state index contributed by atoms with van der Waals surface area (Å²) in [5, 5.41) is 5.42. The highest BCUT2D eigenvalue weighted by atomic mass is 16.6. The van der Waals surface area contributed by atoms with Crippen LogP contribution in [0.15, 0.2) is 18.2 Å². The Labute approximate surface area is 173 Å². The van der Waals surface area contributed by atoms with Gasteiger partial charge in [0.2, 0.25) is 0 Å². The van der Waals surface area contributed by atoms with Crippen LogP contribution in [-0.4, -0.2) is 43.8 Å². The minimum Gasteiger partial charge on any atom is -0.496 e. The molecule has 2 atom stereocenters. The van der Waals surface area contributed by atoms with E-state index < -0.39 is 29.6 Å². The molecule has 164 valence electrons. The standard InChI is InChI=1S/C21H34N2O6/c1-13(17(27-9)23-19(25)29-21(5,6)7)15-12-14(10-11-16(15)26-8)22-18(24)28-20(2,3)4/h10-13,17H,1-9H3,(H,22,24)(H,23,25)/t13-,17+/m0/s1. The van der Waals surface area contributed by atoms with Crippen molar-refractivity contribution in [3.63, 3.8) is 0 Å². The van der Waals surface area contributed by atoms with E-state index in [1.807, 2.05) is 6.92 Å². The summed E-state index contributed by atoms with van der Waals surface area (Å²) in [6, 6.07) is 5.21. The van der Waals surface area contributed by atoms with Gasteiger partial charge < -0.3 is 18.9 Å². The Bertz CT molecular complexity index is 706. The summed E-state index contributed by atoms with van der Waals surface area (Å²) in [6.45, 7) is 12.6. The van der Waals surface area contributed by atoms with Crippen molar-refractivity contribution < 1.29 is 28.5 Å². The van der Waals surface area contributed by atoms with Crippen molar-refractivity contribution in [3.05, 3.63) is 23.8 Å². The number of carbonyl (C=O) groups excluding carboxylic acids is 2. The highest BCUT2D eigenvalue weighted by Crippen LogP contribution is 2.32. The summed E-state index contributed by atoms with van der Waals surface area (Å²) in [6.07, 6.45) is -1.81. The molecule has 0 aliphatic rings. The van der Waals surface area contributed by atoms with Crippen LogP contribution in [0.5, 0.6) is 5.75 Å². The summed E-state index contributed by atoms with van der Waals surface area (Å²) in [7, 11) is 3.05. The van der Waals surface area contributed by atoms with Crippen molar-refractivity contribution in [1.82, 2.24) is 5.32 Å². The smallest absolute Gasteiger partial charge is 0.412 e. The number of carbonyl (C=O) groups is 2. The third-order valence-electron chi connectivity index (χ3n) is 3.73. The van der Waals surface area contributed by atoms with Crippen LogP contribution in [0.1, 0.15) is 59.9 Å². The van der Waals surface area contributed by atoms with Crippen LogP contribution < -0.4 is 15.4 Å². The van der Waals surface area contributed by atoms with E-state index in [0.717, 1.165) is 5.56 Å². The number of hydrogen-bond donors (Lipinski definition) is 2. The molecule has 0 radical (unpaired) electrons. The van der Waals surface area contributed by atoms with Crippen molar-refractivity contribution in [2.45, 2.75) is 71.8 Å². The zero-order chi connectivity index (χ0) is 22.4. The van der Waals surface area contributed by atoms with Crippen molar-refractivity contribution in [1.29, 1.82) is 0 Å². The van der Waals surface area contributed by atoms with Gasteiger partial charge in [0.25, 0.3) is 0 Å². The van der Waals surface area contributed by atoms with Gasteiger partial charge >= 0.3 is 12.2 Å². The van der Waals surface area contributed by atoms with Gasteiger partial charge in [-0.2, -0.15) is 0 Å². The maximum Gasteiger partial charge on any atom is 0.412 e. The van der Waals surface area contributed by atoms with Gasteiger partial charge in [0.15, 0.2) is 0 Å². The number of nitrogens with one attached hydrogen (secondary N) is 2. The largest absolute Gasteiger partial charge is 0.496 e. The quantitative estimate of drug-likeness (QED) is 0.663. The summed E-state index contributed by atoms with van der Waals surface area (Å²) >= 11 is 0. The van der Waals surface area contributed by atoms with Gasteiger partial charge in [0, 0.05) is 24.3 Å². The molecule has 0 fully saturated rings. The molecule has 8 heteroatoms. The normalized spacial score (nSPS) is 13.8. The van der Waals surface area contributed by atoms with E-state index in [1.165, 1.54) is 7.11 Å². The Balaban J connectivity index is 3.03. The lowest BCUT2D eigenvalue weighted by molar-refractivity contribution is 0.0165. The molecule has 0 spiro atoms. The Kier molecular flexibility index (Phi) is 8.32. The summed E-state index contributed by atoms with van der Waals surface area (Å²) in [4.78, 5) is 24.2. The molecule has 8 nitrogen and oxygen atoms in total. The number of alkyl carbamates (subject to hydrolysis) is 1. The highest BCUT2D eigenvalue weighted by molar-refractivity contribution is 5.85. The van der Waals surface area contributed by atoms with Crippen LogP contribution in [0, 0.1) is 0 Å². The second-order valence-corrected chi connectivity index (χ2v) is 8.67. The first-order valence-corrected chi connectivity index (χ1v) is 9.46. The Morgan fingerprint density at radius 1 is 0.931 bits per heavy atom. The second-order valence-electron chi connectivity index (χ2n) is 8.67. The van der Waals surface area contributed by atoms with Crippen molar-refractivity contribution >= 4 is 17.9 Å². The first kappa shape index (κ1) is 24.6. The van der Waals surface area contributed by atoms with Crippen LogP contribution in [0.25, 0.3) is 0 Å². The minimum atomic E-state index is -0.671. The molecule has 0 aliphatic carbocycles. The van der Waals surface area contributed by atoms with E-state index in [-0.39, 0.29) is 5.92 Å². The fraction of sp³-hybridized carbons (Fsp3) is 0.619. The number of anilines is 1. The highest BCUT2D eigenvalue weighted by Gasteiger charge is 2.26. The van der Waals surface area contributed by atoms with Crippen LogP contribution in [0.2, 0.25) is 0 Å². The first-order valence-electron chi connectivity index (χ1n) is 9.46. The number of rotatable bonds is 6. The maximum atomic E-state index is 12.1. The van der Waals surface area contributed by atoms with Crippen LogP contribution in [0.3, 0.4) is 0 Å². The zero-order valence-corrected chi connectivity index (χ0v) is 18.8. The van der Waals surface area contributed by atoms with E-state index >= 15 is 0 Å². The average molecular weight is 411 g/mol. The fourth-order valence-corrected chi connectivity index (χ4v) is 2.56.